The fourth-order valence-electron chi connectivity index (χ4n) is 10.7. The number of hydrogen-bond acceptors (Lipinski definition) is 10. The Kier molecular flexibility index (Phi) is 11.2. The summed E-state index contributed by atoms with van der Waals surface area (Å²) in [6, 6.07) is 0. The Morgan fingerprint density at radius 2 is 1.65 bits per heavy atom. The second-order valence-corrected chi connectivity index (χ2v) is 17.7. The standard InChI is InChI=1S/C40H63NO10/c1-9-10-11-12-15-18-37(41(48)35(5,6)24-49-37)19-16-13-14-17-31(44)50-34-26(3)39(47)29(32-36(7,8)40(32,34)51-27(4)43)21-28(23-42)22-38(46)30(39)20-25(2)33(38)45/h20-21,26,29-30,32,34,41-42,46-47H,9-19,22-24H2,1-8H3/t26-,29+,30-,32-,34-,37?,38-,39-,40-/m1/s1. The Morgan fingerprint density at radius 3 is 2.22 bits per heavy atom. The zero-order valence-corrected chi connectivity index (χ0v) is 32.1. The third kappa shape index (κ3) is 6.45. The van der Waals surface area contributed by atoms with E-state index in [1.807, 2.05) is 27.7 Å². The number of aliphatic hydroxyl groups is 3. The van der Waals surface area contributed by atoms with Crippen LogP contribution in [0.3, 0.4) is 0 Å². The number of nitrogens with one attached hydrogen (secondary N) is 1. The summed E-state index contributed by atoms with van der Waals surface area (Å²) >= 11 is 0. The molecule has 4 N–H and O–H groups in total. The molecule has 1 aliphatic heterocycles. The molecule has 0 spiro atoms. The Bertz CT molecular complexity index is 1420. The van der Waals surface area contributed by atoms with Gasteiger partial charge >= 0.3 is 11.9 Å². The van der Waals surface area contributed by atoms with Crippen molar-refractivity contribution in [2.45, 2.75) is 167 Å². The summed E-state index contributed by atoms with van der Waals surface area (Å²) in [5, 5.41) is 48.7. The molecule has 0 amide bonds. The molecule has 3 fully saturated rings. The first kappa shape index (κ1) is 40.0. The van der Waals surface area contributed by atoms with Crippen LogP contribution in [0.2, 0.25) is 0 Å². The predicted octanol–water partition coefficient (Wildman–Crippen LogP) is 4.25. The van der Waals surface area contributed by atoms with E-state index in [1.54, 1.807) is 26.0 Å². The van der Waals surface area contributed by atoms with Crippen LogP contribution in [0.1, 0.15) is 132 Å². The summed E-state index contributed by atoms with van der Waals surface area (Å²) < 4.78 is 18.6. The SMILES string of the molecule is CCCCCCCC1(CCCCCC(=O)O[C@@H]2[C@@H](C)[C@@]3(O)[C@@H](C=C(CO)C[C@]4(O)C(=O)C(C)=C[C@@H]34)[C@@H]3C(C)(C)[C@]23OC(C)=O)OCC(C)(C)[NH+]1[O-]. The number of carbonyl (C=O) groups excluding carboxylic acids is 3. The van der Waals surface area contributed by atoms with Crippen molar-refractivity contribution >= 4 is 17.7 Å². The highest BCUT2D eigenvalue weighted by molar-refractivity contribution is 6.04. The fourth-order valence-corrected chi connectivity index (χ4v) is 10.7. The van der Waals surface area contributed by atoms with Gasteiger partial charge in [0.1, 0.15) is 23.9 Å². The smallest absolute Gasteiger partial charge is 0.306 e. The minimum atomic E-state index is -1.97. The molecule has 0 aromatic heterocycles. The molecule has 4 aliphatic carbocycles. The molecule has 1 heterocycles. The first-order valence-corrected chi connectivity index (χ1v) is 19.4. The summed E-state index contributed by atoms with van der Waals surface area (Å²) in [5.74, 6) is -4.67. The van der Waals surface area contributed by atoms with Crippen molar-refractivity contribution < 1.29 is 49.0 Å². The Morgan fingerprint density at radius 1 is 1.02 bits per heavy atom. The maximum atomic E-state index is 13.6. The van der Waals surface area contributed by atoms with E-state index in [4.69, 9.17) is 14.2 Å². The van der Waals surface area contributed by atoms with Crippen molar-refractivity contribution in [1.29, 1.82) is 0 Å². The first-order valence-electron chi connectivity index (χ1n) is 19.4. The lowest BCUT2D eigenvalue weighted by atomic mass is 9.59. The molecule has 2 unspecified atom stereocenters. The zero-order chi connectivity index (χ0) is 37.8. The maximum absolute atomic E-state index is 13.6. The van der Waals surface area contributed by atoms with Gasteiger partial charge in [-0.25, -0.2) is 0 Å². The molecule has 11 nitrogen and oxygen atoms in total. The topological polar surface area (TPSA) is 167 Å². The van der Waals surface area contributed by atoms with Gasteiger partial charge in [-0.3, -0.25) is 14.4 Å². The summed E-state index contributed by atoms with van der Waals surface area (Å²) in [6.07, 6.45) is 11.0. The average Bonchev–Trinajstić information content (AvgIpc) is 3.36. The second kappa shape index (κ2) is 14.3. The van der Waals surface area contributed by atoms with Crippen molar-refractivity contribution in [3.63, 3.8) is 0 Å². The van der Waals surface area contributed by atoms with Gasteiger partial charge in [0.2, 0.25) is 5.72 Å². The lowest BCUT2D eigenvalue weighted by molar-refractivity contribution is -0.950. The normalized spacial score (nSPS) is 40.4. The van der Waals surface area contributed by atoms with Gasteiger partial charge in [0.15, 0.2) is 11.4 Å². The van der Waals surface area contributed by atoms with Crippen LogP contribution < -0.4 is 5.06 Å². The second-order valence-electron chi connectivity index (χ2n) is 17.7. The van der Waals surface area contributed by atoms with Gasteiger partial charge in [0.25, 0.3) is 0 Å². The van der Waals surface area contributed by atoms with Crippen molar-refractivity contribution in [2.24, 2.45) is 29.1 Å². The van der Waals surface area contributed by atoms with Crippen LogP contribution in [-0.4, -0.2) is 80.4 Å². The number of unbranched alkanes of at least 4 members (excludes halogenated alkanes) is 6. The summed E-state index contributed by atoms with van der Waals surface area (Å²) in [7, 11) is 0. The van der Waals surface area contributed by atoms with Crippen LogP contribution in [0.15, 0.2) is 23.3 Å². The molecular weight excluding hydrogens is 654 g/mol. The number of hydroxylamine groups is 2. The summed E-state index contributed by atoms with van der Waals surface area (Å²) in [6.45, 7) is 14.6. The quantitative estimate of drug-likeness (QED) is 0.0833. The van der Waals surface area contributed by atoms with Gasteiger partial charge in [-0.1, -0.05) is 72.0 Å². The number of esters is 2. The highest BCUT2D eigenvalue weighted by atomic mass is 16.6. The molecule has 0 aromatic carbocycles. The van der Waals surface area contributed by atoms with Crippen LogP contribution in [-0.2, 0) is 28.6 Å². The molecule has 5 aliphatic rings. The van der Waals surface area contributed by atoms with E-state index in [-0.39, 0.29) is 17.9 Å². The van der Waals surface area contributed by atoms with Crippen LogP contribution in [0, 0.1) is 34.3 Å². The number of ketones is 1. The molecule has 0 radical (unpaired) electrons. The Labute approximate surface area is 303 Å². The highest BCUT2D eigenvalue weighted by Crippen LogP contribution is 2.77. The molecule has 0 aromatic rings. The zero-order valence-electron chi connectivity index (χ0n) is 32.1. The number of Topliss-reactive ketones (excluding diaryl/α,β-unsaturated/α-hetero) is 1. The molecule has 2 saturated carbocycles. The van der Waals surface area contributed by atoms with Crippen LogP contribution in [0.4, 0.5) is 0 Å². The molecule has 11 heteroatoms. The van der Waals surface area contributed by atoms with Gasteiger partial charge in [0, 0.05) is 61.7 Å². The largest absolute Gasteiger partial charge is 0.632 e. The number of carbonyl (C=O) groups is 3. The molecule has 1 saturated heterocycles. The fraction of sp³-hybridized carbons (Fsp3) is 0.825. The molecule has 10 atom stereocenters. The van der Waals surface area contributed by atoms with Crippen LogP contribution >= 0.6 is 0 Å². The van der Waals surface area contributed by atoms with E-state index < -0.39 is 87.6 Å². The third-order valence-corrected chi connectivity index (χ3v) is 13.4. The van der Waals surface area contributed by atoms with Gasteiger partial charge in [-0.15, -0.1) is 0 Å². The Balaban J connectivity index is 1.32. The molecule has 288 valence electrons. The number of quaternary nitrogens is 1. The predicted molar refractivity (Wildman–Crippen MR) is 190 cm³/mol. The molecule has 0 bridgehead atoms. The molecule has 5 rings (SSSR count). The van der Waals surface area contributed by atoms with E-state index in [0.717, 1.165) is 32.1 Å². The maximum Gasteiger partial charge on any atom is 0.306 e. The van der Waals surface area contributed by atoms with Crippen molar-refractivity contribution in [3.05, 3.63) is 28.5 Å². The van der Waals surface area contributed by atoms with Crippen molar-refractivity contribution in [1.82, 2.24) is 0 Å². The van der Waals surface area contributed by atoms with Gasteiger partial charge in [-0.05, 0) is 51.2 Å². The Hall–Kier alpha value is -2.15. The van der Waals surface area contributed by atoms with E-state index in [9.17, 15) is 34.9 Å². The third-order valence-electron chi connectivity index (χ3n) is 13.4. The lowest BCUT2D eigenvalue weighted by Crippen LogP contribution is -3.20. The van der Waals surface area contributed by atoms with Crippen LogP contribution in [0.25, 0.3) is 0 Å². The van der Waals surface area contributed by atoms with E-state index >= 15 is 0 Å². The van der Waals surface area contributed by atoms with Gasteiger partial charge < -0.3 is 39.8 Å². The minimum absolute atomic E-state index is 0.0933. The van der Waals surface area contributed by atoms with E-state index in [2.05, 4.69) is 6.92 Å². The summed E-state index contributed by atoms with van der Waals surface area (Å²) in [4.78, 5) is 39.7. The highest BCUT2D eigenvalue weighted by Gasteiger charge is 2.87. The number of aliphatic hydroxyl groups excluding tert-OH is 1. The first-order chi connectivity index (χ1) is 23.8. The van der Waals surface area contributed by atoms with Gasteiger partial charge in [0.05, 0.1) is 12.2 Å². The van der Waals surface area contributed by atoms with E-state index in [1.165, 1.54) is 13.3 Å². The van der Waals surface area contributed by atoms with Gasteiger partial charge in [-0.2, -0.15) is 0 Å². The lowest BCUT2D eigenvalue weighted by Gasteiger charge is -2.53. The number of ether oxygens (including phenoxy) is 3. The van der Waals surface area contributed by atoms with E-state index in [0.29, 0.717) is 43.4 Å². The van der Waals surface area contributed by atoms with Crippen LogP contribution in [0.5, 0.6) is 0 Å². The minimum Gasteiger partial charge on any atom is -0.632 e. The number of rotatable bonds is 15. The monoisotopic (exact) mass is 717 g/mol. The molecular formula is C40H63NO10. The number of fused-ring (bicyclic) bond motifs is 5. The average molecular weight is 718 g/mol. The summed E-state index contributed by atoms with van der Waals surface area (Å²) in [5.41, 5.74) is -6.29. The number of hydrogen-bond donors (Lipinski definition) is 4. The molecule has 51 heavy (non-hydrogen) atoms. The van der Waals surface area contributed by atoms with Crippen molar-refractivity contribution in [2.75, 3.05) is 13.2 Å². The van der Waals surface area contributed by atoms with Crippen molar-refractivity contribution in [3.8, 4) is 0 Å².